The Morgan fingerprint density at radius 2 is 2.13 bits per heavy atom. The number of carbonyl (C=O) groups is 3. The Balaban J connectivity index is 1.37. The van der Waals surface area contributed by atoms with E-state index in [1.807, 2.05) is 0 Å². The van der Waals surface area contributed by atoms with Gasteiger partial charge in [0, 0.05) is 29.6 Å². The van der Waals surface area contributed by atoms with Crippen molar-refractivity contribution < 1.29 is 43.2 Å². The van der Waals surface area contributed by atoms with Crippen LogP contribution in [0.4, 0.5) is 0 Å². The summed E-state index contributed by atoms with van der Waals surface area (Å²) < 4.78 is 19.4. The topological polar surface area (TPSA) is 120 Å². The van der Waals surface area contributed by atoms with Gasteiger partial charge in [0.2, 0.25) is 0 Å². The number of carbonyl (C=O) groups excluding carboxylic acids is 3. The first-order valence-electron chi connectivity index (χ1n) is 7.24. The molecule has 0 N–H and O–H groups in total. The first-order valence-corrected chi connectivity index (χ1v) is 8.15. The molecule has 0 spiro atoms. The summed E-state index contributed by atoms with van der Waals surface area (Å²) in [4.78, 5) is 34.8. The summed E-state index contributed by atoms with van der Waals surface area (Å²) in [5.74, 6) is -1.09. The summed E-state index contributed by atoms with van der Waals surface area (Å²) >= 11 is 0.658. The quantitative estimate of drug-likeness (QED) is 0.139. The van der Waals surface area contributed by atoms with Crippen LogP contribution in [0.1, 0.15) is 19.3 Å². The molecule has 1 heterocycles. The molecule has 0 amide bonds. The molecule has 0 aromatic rings. The van der Waals surface area contributed by atoms with E-state index in [2.05, 4.69) is 9.37 Å². The molecule has 1 aliphatic heterocycles. The number of ether oxygens (including phenoxy) is 3. The molecule has 9 nitrogen and oxygen atoms in total. The molecular weight excluding hydrogens is 332 g/mol. The molecule has 0 aromatic carbocycles. The minimum absolute atomic E-state index is 0.0443. The molecule has 3 aliphatic rings. The van der Waals surface area contributed by atoms with E-state index >= 15 is 0 Å². The van der Waals surface area contributed by atoms with Crippen LogP contribution in [0.3, 0.4) is 0 Å². The Morgan fingerprint density at radius 1 is 1.30 bits per heavy atom. The zero-order valence-corrected chi connectivity index (χ0v) is 12.8. The van der Waals surface area contributed by atoms with Gasteiger partial charge in [-0.2, -0.15) is 4.33 Å². The molecule has 128 valence electrons. The van der Waals surface area contributed by atoms with Gasteiger partial charge < -0.3 is 19.5 Å². The maximum atomic E-state index is 11.8. The van der Waals surface area contributed by atoms with Crippen molar-refractivity contribution >= 4 is 30.0 Å². The van der Waals surface area contributed by atoms with Crippen LogP contribution in [0.25, 0.3) is 0 Å². The van der Waals surface area contributed by atoms with E-state index in [0.717, 1.165) is 6.42 Å². The molecule has 0 radical (unpaired) electrons. The molecule has 10 heteroatoms. The van der Waals surface area contributed by atoms with E-state index in [9.17, 15) is 19.6 Å². The maximum Gasteiger partial charge on any atom is 0.344 e. The fourth-order valence-corrected chi connectivity index (χ4v) is 4.00. The summed E-state index contributed by atoms with van der Waals surface area (Å²) in [6.07, 6.45) is 0.685. The van der Waals surface area contributed by atoms with Crippen molar-refractivity contribution in [1.82, 2.24) is 0 Å². The first-order chi connectivity index (χ1) is 11.1. The highest BCUT2D eigenvalue weighted by molar-refractivity contribution is 7.94. The van der Waals surface area contributed by atoms with E-state index in [4.69, 9.17) is 14.2 Å². The first kappa shape index (κ1) is 16.5. The molecule has 2 bridgehead atoms. The van der Waals surface area contributed by atoms with Crippen LogP contribution in [-0.4, -0.2) is 42.5 Å². The van der Waals surface area contributed by atoms with Gasteiger partial charge >= 0.3 is 17.9 Å². The minimum atomic E-state index is -0.665. The van der Waals surface area contributed by atoms with Crippen molar-refractivity contribution in [3.8, 4) is 0 Å². The standard InChI is InChI=1S/C13H16O9S/c14-9(1-2-23-22-21-17)18-5-10(15)19-11-6-3-7-8(4-6)13(16)20-12(7)11/h6-8,11-12,17H,1-5H2/p-1. The predicted octanol–water partition coefficient (Wildman–Crippen LogP) is -0.715. The molecular formula is C13H15O9S-. The van der Waals surface area contributed by atoms with Gasteiger partial charge in [0.15, 0.2) is 6.61 Å². The van der Waals surface area contributed by atoms with Gasteiger partial charge in [-0.1, -0.05) is 0 Å². The van der Waals surface area contributed by atoms with Crippen LogP contribution in [0, 0.1) is 17.8 Å². The molecule has 23 heavy (non-hydrogen) atoms. The van der Waals surface area contributed by atoms with E-state index in [1.165, 1.54) is 0 Å². The zero-order chi connectivity index (χ0) is 16.4. The van der Waals surface area contributed by atoms with Gasteiger partial charge in [0.25, 0.3) is 0 Å². The highest BCUT2D eigenvalue weighted by Gasteiger charge is 2.63. The van der Waals surface area contributed by atoms with Crippen molar-refractivity contribution in [3.05, 3.63) is 0 Å². The molecule has 1 saturated heterocycles. The van der Waals surface area contributed by atoms with Gasteiger partial charge in [-0.05, 0) is 12.8 Å². The number of fused-ring (bicyclic) bond motifs is 1. The van der Waals surface area contributed by atoms with Gasteiger partial charge in [0.05, 0.1) is 12.3 Å². The average Bonchev–Trinajstić information content (AvgIpc) is 3.14. The second-order valence-electron chi connectivity index (χ2n) is 5.73. The van der Waals surface area contributed by atoms with E-state index < -0.39 is 24.6 Å². The Kier molecular flexibility index (Phi) is 5.05. The molecule has 2 aliphatic carbocycles. The number of rotatable bonds is 8. The lowest BCUT2D eigenvalue weighted by atomic mass is 9.88. The largest absolute Gasteiger partial charge is 0.691 e. The Morgan fingerprint density at radius 3 is 2.91 bits per heavy atom. The third-order valence-corrected chi connectivity index (χ3v) is 5.02. The molecule has 2 saturated carbocycles. The summed E-state index contributed by atoms with van der Waals surface area (Å²) in [5, 5.41) is 12.6. The lowest BCUT2D eigenvalue weighted by molar-refractivity contribution is -0.777. The van der Waals surface area contributed by atoms with E-state index in [0.29, 0.717) is 18.5 Å². The van der Waals surface area contributed by atoms with Crippen molar-refractivity contribution in [2.75, 3.05) is 12.4 Å². The SMILES string of the molecule is O=C(CCSOO[O-])OCC(=O)OC1C2CC3C(=O)OC1C3C2. The van der Waals surface area contributed by atoms with Crippen molar-refractivity contribution in [2.45, 2.75) is 31.5 Å². The number of hydrogen-bond acceptors (Lipinski definition) is 10. The highest BCUT2D eigenvalue weighted by atomic mass is 32.2. The summed E-state index contributed by atoms with van der Waals surface area (Å²) in [6.45, 7) is -0.500. The second-order valence-corrected chi connectivity index (χ2v) is 6.51. The number of hydrogen-bond donors (Lipinski definition) is 0. The van der Waals surface area contributed by atoms with Crippen molar-refractivity contribution in [1.29, 1.82) is 0 Å². The predicted molar refractivity (Wildman–Crippen MR) is 69.7 cm³/mol. The van der Waals surface area contributed by atoms with Crippen LogP contribution in [-0.2, 0) is 38.0 Å². The van der Waals surface area contributed by atoms with Crippen molar-refractivity contribution in [2.24, 2.45) is 17.8 Å². The van der Waals surface area contributed by atoms with Gasteiger partial charge in [-0.15, -0.1) is 0 Å². The molecule has 5 unspecified atom stereocenters. The molecule has 5 atom stereocenters. The molecule has 3 rings (SSSR count). The van der Waals surface area contributed by atoms with Crippen LogP contribution in [0.15, 0.2) is 0 Å². The van der Waals surface area contributed by atoms with Gasteiger partial charge in [-0.25, -0.2) is 4.79 Å². The molecule has 0 aromatic heterocycles. The third kappa shape index (κ3) is 3.44. The zero-order valence-electron chi connectivity index (χ0n) is 12.0. The Bertz CT molecular complexity index is 496. The van der Waals surface area contributed by atoms with Crippen LogP contribution < -0.4 is 5.26 Å². The Hall–Kier alpha value is -1.36. The number of esters is 3. The lowest BCUT2D eigenvalue weighted by Gasteiger charge is -2.25. The summed E-state index contributed by atoms with van der Waals surface area (Å²) in [7, 11) is 0. The fourth-order valence-electron chi connectivity index (χ4n) is 3.64. The van der Waals surface area contributed by atoms with E-state index in [-0.39, 0.29) is 42.0 Å². The smallest absolute Gasteiger partial charge is 0.344 e. The molecule has 3 fully saturated rings. The summed E-state index contributed by atoms with van der Waals surface area (Å²) in [6, 6.07) is 0. The normalized spacial score (nSPS) is 33.6. The van der Waals surface area contributed by atoms with Crippen LogP contribution >= 0.6 is 12.0 Å². The van der Waals surface area contributed by atoms with Crippen LogP contribution in [0.5, 0.6) is 0 Å². The minimum Gasteiger partial charge on any atom is -0.691 e. The van der Waals surface area contributed by atoms with Crippen LogP contribution in [0.2, 0.25) is 0 Å². The van der Waals surface area contributed by atoms with E-state index in [1.54, 1.807) is 0 Å². The van der Waals surface area contributed by atoms with Crippen molar-refractivity contribution in [3.63, 3.8) is 0 Å². The third-order valence-electron chi connectivity index (χ3n) is 4.50. The fraction of sp³-hybridized carbons (Fsp3) is 0.769. The second kappa shape index (κ2) is 7.04. The maximum absolute atomic E-state index is 11.8. The highest BCUT2D eigenvalue weighted by Crippen LogP contribution is 2.55. The van der Waals surface area contributed by atoms with Gasteiger partial charge in [-0.3, -0.25) is 14.6 Å². The monoisotopic (exact) mass is 347 g/mol. The summed E-state index contributed by atoms with van der Waals surface area (Å²) in [5.41, 5.74) is 0. The average molecular weight is 347 g/mol. The lowest BCUT2D eigenvalue weighted by Crippen LogP contribution is -2.37. The van der Waals surface area contributed by atoms with Gasteiger partial charge in [0.1, 0.15) is 12.2 Å². The Labute approximate surface area is 135 Å².